The van der Waals surface area contributed by atoms with Crippen molar-refractivity contribution < 1.29 is 24.6 Å². The van der Waals surface area contributed by atoms with E-state index in [0.29, 0.717) is 5.01 Å². The third-order valence-corrected chi connectivity index (χ3v) is 3.97. The van der Waals surface area contributed by atoms with Crippen molar-refractivity contribution in [3.8, 4) is 11.1 Å². The molecule has 1 aliphatic rings. The standard InChI is InChI=1S/C17H16N2O5/c20-16(21)9-19(18-23)17(22)24-10-15-13-7-3-1-5-11(13)12-6-2-4-8-14(12)15/h1-8,15,18,23H,9-10H2,(H,20,21). The molecule has 2 aromatic rings. The highest BCUT2D eigenvalue weighted by Gasteiger charge is 2.29. The Morgan fingerprint density at radius 1 is 1.04 bits per heavy atom. The summed E-state index contributed by atoms with van der Waals surface area (Å²) in [7, 11) is 0. The van der Waals surface area contributed by atoms with Crippen molar-refractivity contribution in [3.63, 3.8) is 0 Å². The lowest BCUT2D eigenvalue weighted by Crippen LogP contribution is -2.44. The van der Waals surface area contributed by atoms with Crippen LogP contribution in [0.25, 0.3) is 11.1 Å². The number of hydrogen-bond donors (Lipinski definition) is 3. The second-order valence-corrected chi connectivity index (χ2v) is 5.38. The maximum Gasteiger partial charge on any atom is 0.426 e. The van der Waals surface area contributed by atoms with Crippen molar-refractivity contribution >= 4 is 12.1 Å². The Bertz CT molecular complexity index is 732. The third-order valence-electron chi connectivity index (χ3n) is 3.97. The topological polar surface area (TPSA) is 99.1 Å². The van der Waals surface area contributed by atoms with E-state index in [4.69, 9.17) is 15.1 Å². The maximum absolute atomic E-state index is 11.9. The van der Waals surface area contributed by atoms with Crippen molar-refractivity contribution in [1.29, 1.82) is 0 Å². The van der Waals surface area contributed by atoms with E-state index in [1.807, 2.05) is 48.5 Å². The maximum atomic E-state index is 11.9. The summed E-state index contributed by atoms with van der Waals surface area (Å²) in [5.74, 6) is -1.41. The predicted molar refractivity (Wildman–Crippen MR) is 84.3 cm³/mol. The van der Waals surface area contributed by atoms with E-state index >= 15 is 0 Å². The van der Waals surface area contributed by atoms with Crippen molar-refractivity contribution in [2.45, 2.75) is 5.92 Å². The Balaban J connectivity index is 1.78. The zero-order valence-corrected chi connectivity index (χ0v) is 12.7. The quantitative estimate of drug-likeness (QED) is 0.728. The smallest absolute Gasteiger partial charge is 0.426 e. The van der Waals surface area contributed by atoms with Gasteiger partial charge in [0.25, 0.3) is 0 Å². The molecule has 0 aromatic heterocycles. The molecular formula is C17H16N2O5. The molecule has 0 spiro atoms. The van der Waals surface area contributed by atoms with Crippen LogP contribution in [0.2, 0.25) is 0 Å². The molecule has 0 radical (unpaired) electrons. The lowest BCUT2D eigenvalue weighted by molar-refractivity contribution is -0.141. The zero-order valence-electron chi connectivity index (χ0n) is 12.7. The van der Waals surface area contributed by atoms with E-state index in [0.717, 1.165) is 22.3 Å². The zero-order chi connectivity index (χ0) is 17.1. The van der Waals surface area contributed by atoms with E-state index in [9.17, 15) is 9.59 Å². The fraction of sp³-hybridized carbons (Fsp3) is 0.176. The molecule has 0 heterocycles. The Labute approximate surface area is 138 Å². The minimum atomic E-state index is -1.27. The summed E-state index contributed by atoms with van der Waals surface area (Å²) in [6, 6.07) is 15.7. The molecule has 0 fully saturated rings. The molecule has 0 atom stereocenters. The SMILES string of the molecule is O=C(O)CN(NO)C(=O)OCC1c2ccccc2-c2ccccc21. The number of carbonyl (C=O) groups is 2. The van der Waals surface area contributed by atoms with Crippen LogP contribution in [0.4, 0.5) is 4.79 Å². The molecule has 24 heavy (non-hydrogen) atoms. The first-order chi connectivity index (χ1) is 11.6. The number of aliphatic carboxylic acids is 1. The summed E-state index contributed by atoms with van der Waals surface area (Å²) in [6.07, 6.45) is -0.957. The number of rotatable bonds is 5. The molecular weight excluding hydrogens is 312 g/mol. The number of benzene rings is 2. The lowest BCUT2D eigenvalue weighted by atomic mass is 9.98. The lowest BCUT2D eigenvalue weighted by Gasteiger charge is -2.19. The van der Waals surface area contributed by atoms with Gasteiger partial charge in [-0.2, -0.15) is 0 Å². The molecule has 7 heteroatoms. The number of hydrazine groups is 1. The van der Waals surface area contributed by atoms with E-state index in [2.05, 4.69) is 0 Å². The van der Waals surface area contributed by atoms with Gasteiger partial charge < -0.3 is 9.84 Å². The first-order valence-corrected chi connectivity index (χ1v) is 7.36. The minimum Gasteiger partial charge on any atom is -0.480 e. The highest BCUT2D eigenvalue weighted by Crippen LogP contribution is 2.44. The Morgan fingerprint density at radius 2 is 1.58 bits per heavy atom. The number of fused-ring (bicyclic) bond motifs is 3. The van der Waals surface area contributed by atoms with Crippen LogP contribution in [0, 0.1) is 0 Å². The molecule has 3 N–H and O–H groups in total. The van der Waals surface area contributed by atoms with Gasteiger partial charge in [-0.05, 0) is 22.3 Å². The van der Waals surface area contributed by atoms with Gasteiger partial charge in [0.05, 0.1) is 0 Å². The Kier molecular flexibility index (Phi) is 4.45. The molecule has 0 unspecified atom stereocenters. The van der Waals surface area contributed by atoms with Crippen molar-refractivity contribution in [3.05, 3.63) is 59.7 Å². The molecule has 7 nitrogen and oxygen atoms in total. The number of carboxylic acids is 1. The summed E-state index contributed by atoms with van der Waals surface area (Å²) < 4.78 is 5.19. The van der Waals surface area contributed by atoms with E-state index in [-0.39, 0.29) is 12.5 Å². The molecule has 124 valence electrons. The highest BCUT2D eigenvalue weighted by molar-refractivity contribution is 5.79. The van der Waals surface area contributed by atoms with Crippen molar-refractivity contribution in [2.75, 3.05) is 13.2 Å². The van der Waals surface area contributed by atoms with Gasteiger partial charge in [-0.3, -0.25) is 10.0 Å². The number of ether oxygens (including phenoxy) is 1. The van der Waals surface area contributed by atoms with E-state index in [1.54, 1.807) is 0 Å². The Morgan fingerprint density at radius 3 is 2.08 bits per heavy atom. The molecule has 0 aliphatic heterocycles. The molecule has 0 saturated heterocycles. The predicted octanol–water partition coefficient (Wildman–Crippen LogP) is 2.22. The van der Waals surface area contributed by atoms with Gasteiger partial charge in [-0.15, -0.1) is 5.59 Å². The van der Waals surface area contributed by atoms with Crippen LogP contribution in [0.1, 0.15) is 17.0 Å². The van der Waals surface area contributed by atoms with Crippen LogP contribution in [0.3, 0.4) is 0 Å². The Hall–Kier alpha value is -2.90. The van der Waals surface area contributed by atoms with Gasteiger partial charge in [0.15, 0.2) is 0 Å². The molecule has 0 bridgehead atoms. The molecule has 3 rings (SSSR count). The van der Waals surface area contributed by atoms with Crippen LogP contribution < -0.4 is 5.59 Å². The summed E-state index contributed by atoms with van der Waals surface area (Å²) in [5.41, 5.74) is 5.81. The largest absolute Gasteiger partial charge is 0.480 e. The second kappa shape index (κ2) is 6.69. The number of hydrogen-bond acceptors (Lipinski definition) is 5. The molecule has 1 aliphatic carbocycles. The summed E-state index contributed by atoms with van der Waals surface area (Å²) in [5, 5.41) is 18.0. The van der Waals surface area contributed by atoms with Crippen LogP contribution in [-0.4, -0.2) is 40.5 Å². The first-order valence-electron chi connectivity index (χ1n) is 7.36. The third kappa shape index (κ3) is 2.94. The van der Waals surface area contributed by atoms with Crippen molar-refractivity contribution in [2.24, 2.45) is 0 Å². The van der Waals surface area contributed by atoms with Gasteiger partial charge in [0.1, 0.15) is 13.2 Å². The number of amides is 1. The van der Waals surface area contributed by atoms with E-state index < -0.39 is 18.6 Å². The number of nitrogens with one attached hydrogen (secondary N) is 1. The number of carbonyl (C=O) groups excluding carboxylic acids is 1. The molecule has 1 amide bonds. The minimum absolute atomic E-state index is 0.0463. The average molecular weight is 328 g/mol. The van der Waals surface area contributed by atoms with Crippen LogP contribution >= 0.6 is 0 Å². The van der Waals surface area contributed by atoms with Crippen molar-refractivity contribution in [1.82, 2.24) is 10.6 Å². The van der Waals surface area contributed by atoms with Gasteiger partial charge in [0, 0.05) is 5.92 Å². The average Bonchev–Trinajstić information content (AvgIpc) is 2.91. The molecule has 0 saturated carbocycles. The van der Waals surface area contributed by atoms with Gasteiger partial charge in [-0.25, -0.2) is 9.80 Å². The monoisotopic (exact) mass is 328 g/mol. The number of carboxylic acid groups (broad SMARTS) is 1. The van der Waals surface area contributed by atoms with Gasteiger partial charge >= 0.3 is 12.1 Å². The summed E-state index contributed by atoms with van der Waals surface area (Å²) in [4.78, 5) is 22.6. The van der Waals surface area contributed by atoms with Gasteiger partial charge in [-0.1, -0.05) is 48.5 Å². The fourth-order valence-electron chi connectivity index (χ4n) is 2.95. The second-order valence-electron chi connectivity index (χ2n) is 5.38. The first kappa shape index (κ1) is 16.0. The van der Waals surface area contributed by atoms with Crippen LogP contribution in [-0.2, 0) is 9.53 Å². The number of nitrogens with zero attached hydrogens (tertiary/aromatic N) is 1. The van der Waals surface area contributed by atoms with E-state index in [1.165, 1.54) is 5.59 Å². The normalized spacial score (nSPS) is 12.4. The molecule has 2 aromatic carbocycles. The fourth-order valence-corrected chi connectivity index (χ4v) is 2.95. The summed E-state index contributed by atoms with van der Waals surface area (Å²) in [6.45, 7) is -0.669. The van der Waals surface area contributed by atoms with Crippen LogP contribution in [0.15, 0.2) is 48.5 Å². The highest BCUT2D eigenvalue weighted by atomic mass is 16.6. The van der Waals surface area contributed by atoms with Gasteiger partial charge in [0.2, 0.25) is 0 Å². The summed E-state index contributed by atoms with van der Waals surface area (Å²) >= 11 is 0. The van der Waals surface area contributed by atoms with Crippen LogP contribution in [0.5, 0.6) is 0 Å².